The molecule has 23 heavy (non-hydrogen) atoms. The van der Waals surface area contributed by atoms with Gasteiger partial charge in [-0.2, -0.15) is 0 Å². The largest absolute Gasteiger partial charge is 0.373 e. The molecule has 2 N–H and O–H groups in total. The van der Waals surface area contributed by atoms with Gasteiger partial charge in [0.05, 0.1) is 5.60 Å². The Balaban J connectivity index is 1.91. The van der Waals surface area contributed by atoms with Gasteiger partial charge in [0.15, 0.2) is 5.96 Å². The molecular formula is C19H31N3O. The molecule has 1 aliphatic rings. The standard InChI is InChI=1S/C19H31N3O/c1-15-9-6-7-10-16(15)18(2,3)13-21-17(20-5)22-14-19(4)11-8-12-23-19/h6-7,9-10H,8,11-14H2,1-5H3,(H2,20,21,22). The van der Waals surface area contributed by atoms with Gasteiger partial charge in [-0.3, -0.25) is 4.99 Å². The van der Waals surface area contributed by atoms with Crippen LogP contribution in [0.4, 0.5) is 0 Å². The fourth-order valence-electron chi connectivity index (χ4n) is 3.20. The highest BCUT2D eigenvalue weighted by Gasteiger charge is 2.30. The number of rotatable bonds is 5. The summed E-state index contributed by atoms with van der Waals surface area (Å²) in [6.07, 6.45) is 2.25. The fraction of sp³-hybridized carbons (Fsp3) is 0.632. The summed E-state index contributed by atoms with van der Waals surface area (Å²) in [4.78, 5) is 4.34. The fourth-order valence-corrected chi connectivity index (χ4v) is 3.20. The minimum atomic E-state index is -0.0663. The van der Waals surface area contributed by atoms with E-state index in [4.69, 9.17) is 4.74 Å². The van der Waals surface area contributed by atoms with Gasteiger partial charge in [-0.15, -0.1) is 0 Å². The molecule has 0 saturated carbocycles. The lowest BCUT2D eigenvalue weighted by Crippen LogP contribution is -2.48. The van der Waals surface area contributed by atoms with Crippen molar-refractivity contribution in [3.05, 3.63) is 35.4 Å². The number of guanidine groups is 1. The molecule has 0 amide bonds. The summed E-state index contributed by atoms with van der Waals surface area (Å²) in [6.45, 7) is 11.3. The lowest BCUT2D eigenvalue weighted by molar-refractivity contribution is 0.0242. The molecular weight excluding hydrogens is 286 g/mol. The van der Waals surface area contributed by atoms with E-state index in [9.17, 15) is 0 Å². The zero-order valence-corrected chi connectivity index (χ0v) is 15.2. The molecule has 1 aliphatic heterocycles. The summed E-state index contributed by atoms with van der Waals surface area (Å²) in [5.74, 6) is 0.836. The monoisotopic (exact) mass is 317 g/mol. The topological polar surface area (TPSA) is 45.7 Å². The third kappa shape index (κ3) is 4.71. The molecule has 1 heterocycles. The maximum absolute atomic E-state index is 5.82. The molecule has 0 bridgehead atoms. The van der Waals surface area contributed by atoms with E-state index in [-0.39, 0.29) is 11.0 Å². The number of benzene rings is 1. The zero-order valence-electron chi connectivity index (χ0n) is 15.2. The molecule has 0 aliphatic carbocycles. The number of nitrogens with zero attached hydrogens (tertiary/aromatic N) is 1. The summed E-state index contributed by atoms with van der Waals surface area (Å²) in [5.41, 5.74) is 2.67. The van der Waals surface area contributed by atoms with E-state index in [1.54, 1.807) is 0 Å². The molecule has 4 heteroatoms. The van der Waals surface area contributed by atoms with Crippen molar-refractivity contribution in [3.8, 4) is 0 Å². The van der Waals surface area contributed by atoms with Crippen LogP contribution in [-0.2, 0) is 10.2 Å². The van der Waals surface area contributed by atoms with Gasteiger partial charge in [0.2, 0.25) is 0 Å². The SMILES string of the molecule is CN=C(NCC1(C)CCCO1)NCC(C)(C)c1ccccc1C. The Morgan fingerprint density at radius 1 is 1.30 bits per heavy atom. The third-order valence-electron chi connectivity index (χ3n) is 4.73. The van der Waals surface area contributed by atoms with Crippen LogP contribution in [0.25, 0.3) is 0 Å². The first kappa shape index (κ1) is 17.8. The van der Waals surface area contributed by atoms with Gasteiger partial charge in [0.25, 0.3) is 0 Å². The second-order valence-corrected chi connectivity index (χ2v) is 7.38. The van der Waals surface area contributed by atoms with Crippen LogP contribution in [-0.4, -0.2) is 38.3 Å². The van der Waals surface area contributed by atoms with Gasteiger partial charge in [0.1, 0.15) is 0 Å². The third-order valence-corrected chi connectivity index (χ3v) is 4.73. The first-order valence-corrected chi connectivity index (χ1v) is 8.51. The lowest BCUT2D eigenvalue weighted by Gasteiger charge is -2.29. The first-order valence-electron chi connectivity index (χ1n) is 8.51. The summed E-state index contributed by atoms with van der Waals surface area (Å²) in [7, 11) is 1.81. The second kappa shape index (κ2) is 7.35. The van der Waals surface area contributed by atoms with Gasteiger partial charge < -0.3 is 15.4 Å². The molecule has 2 rings (SSSR count). The van der Waals surface area contributed by atoms with Crippen LogP contribution in [0.3, 0.4) is 0 Å². The van der Waals surface area contributed by atoms with Crippen molar-refractivity contribution in [3.63, 3.8) is 0 Å². The Hall–Kier alpha value is -1.55. The number of aryl methyl sites for hydroxylation is 1. The van der Waals surface area contributed by atoms with E-state index in [0.29, 0.717) is 0 Å². The molecule has 1 saturated heterocycles. The van der Waals surface area contributed by atoms with Crippen molar-refractivity contribution in [1.29, 1.82) is 0 Å². The zero-order chi connectivity index (χ0) is 16.9. The molecule has 0 radical (unpaired) electrons. The van der Waals surface area contributed by atoms with E-state index in [0.717, 1.165) is 38.5 Å². The van der Waals surface area contributed by atoms with E-state index < -0.39 is 0 Å². The van der Waals surface area contributed by atoms with Gasteiger partial charge >= 0.3 is 0 Å². The molecule has 128 valence electrons. The normalized spacial score (nSPS) is 22.2. The van der Waals surface area contributed by atoms with Crippen LogP contribution in [0.15, 0.2) is 29.3 Å². The van der Waals surface area contributed by atoms with Gasteiger partial charge in [-0.05, 0) is 37.8 Å². The molecule has 1 aromatic rings. The summed E-state index contributed by atoms with van der Waals surface area (Å²) in [6, 6.07) is 8.57. The minimum absolute atomic E-state index is 0.0384. The number of hydrogen-bond donors (Lipinski definition) is 2. The van der Waals surface area contributed by atoms with Gasteiger partial charge in [-0.25, -0.2) is 0 Å². The summed E-state index contributed by atoms with van der Waals surface area (Å²) < 4.78 is 5.82. The van der Waals surface area contributed by atoms with Crippen LogP contribution in [0.5, 0.6) is 0 Å². The van der Waals surface area contributed by atoms with E-state index in [1.165, 1.54) is 11.1 Å². The van der Waals surface area contributed by atoms with Crippen LogP contribution in [0, 0.1) is 6.92 Å². The quantitative estimate of drug-likeness (QED) is 0.648. The van der Waals surface area contributed by atoms with Gasteiger partial charge in [-0.1, -0.05) is 38.1 Å². The van der Waals surface area contributed by atoms with E-state index in [2.05, 4.69) is 67.6 Å². The Kier molecular flexibility index (Phi) is 5.69. The number of ether oxygens (including phenoxy) is 1. The smallest absolute Gasteiger partial charge is 0.191 e. The highest BCUT2D eigenvalue weighted by molar-refractivity contribution is 5.79. The van der Waals surface area contributed by atoms with Gasteiger partial charge in [0, 0.05) is 32.2 Å². The van der Waals surface area contributed by atoms with Crippen molar-refractivity contribution in [2.24, 2.45) is 4.99 Å². The van der Waals surface area contributed by atoms with Crippen LogP contribution < -0.4 is 10.6 Å². The molecule has 1 fully saturated rings. The van der Waals surface area contributed by atoms with Crippen molar-refractivity contribution in [2.75, 3.05) is 26.7 Å². The van der Waals surface area contributed by atoms with Crippen LogP contribution in [0.1, 0.15) is 44.7 Å². The Bertz CT molecular complexity index is 545. The maximum atomic E-state index is 5.82. The lowest BCUT2D eigenvalue weighted by atomic mass is 9.82. The predicted octanol–water partition coefficient (Wildman–Crippen LogP) is 3.01. The molecule has 4 nitrogen and oxygen atoms in total. The average Bonchev–Trinajstić information content (AvgIpc) is 2.95. The number of aliphatic imine (C=N–C) groups is 1. The Morgan fingerprint density at radius 2 is 2.04 bits per heavy atom. The number of nitrogens with one attached hydrogen (secondary N) is 2. The van der Waals surface area contributed by atoms with E-state index >= 15 is 0 Å². The summed E-state index contributed by atoms with van der Waals surface area (Å²) in [5, 5.41) is 6.86. The molecule has 1 aromatic carbocycles. The van der Waals surface area contributed by atoms with Crippen molar-refractivity contribution >= 4 is 5.96 Å². The highest BCUT2D eigenvalue weighted by atomic mass is 16.5. The number of hydrogen-bond acceptors (Lipinski definition) is 2. The Morgan fingerprint density at radius 3 is 2.65 bits per heavy atom. The Labute approximate surface area is 140 Å². The van der Waals surface area contributed by atoms with Crippen molar-refractivity contribution in [2.45, 2.75) is 51.6 Å². The predicted molar refractivity (Wildman–Crippen MR) is 97.2 cm³/mol. The van der Waals surface area contributed by atoms with Crippen LogP contribution in [0.2, 0.25) is 0 Å². The van der Waals surface area contributed by atoms with Crippen molar-refractivity contribution < 1.29 is 4.74 Å². The van der Waals surface area contributed by atoms with Crippen LogP contribution >= 0.6 is 0 Å². The first-order chi connectivity index (χ1) is 10.9. The summed E-state index contributed by atoms with van der Waals surface area (Å²) >= 11 is 0. The van der Waals surface area contributed by atoms with Crippen molar-refractivity contribution in [1.82, 2.24) is 10.6 Å². The highest BCUT2D eigenvalue weighted by Crippen LogP contribution is 2.25. The molecule has 0 spiro atoms. The van der Waals surface area contributed by atoms with E-state index in [1.807, 2.05) is 7.05 Å². The molecule has 1 unspecified atom stereocenters. The average molecular weight is 317 g/mol. The minimum Gasteiger partial charge on any atom is -0.373 e. The molecule has 0 aromatic heterocycles. The molecule has 1 atom stereocenters. The maximum Gasteiger partial charge on any atom is 0.191 e. The second-order valence-electron chi connectivity index (χ2n) is 7.38.